The minimum absolute atomic E-state index is 0.0108. The Morgan fingerprint density at radius 3 is 2.62 bits per heavy atom. The monoisotopic (exact) mass is 483 g/mol. The number of amides is 1. The molecule has 4 heterocycles. The summed E-state index contributed by atoms with van der Waals surface area (Å²) in [5.74, 6) is 0.933. The molecule has 4 aromatic rings. The highest BCUT2D eigenvalue weighted by atomic mass is 35.5. The van der Waals surface area contributed by atoms with Gasteiger partial charge in [0.1, 0.15) is 12.1 Å². The molecule has 0 spiro atoms. The molecule has 0 bridgehead atoms. The number of benzene rings is 1. The van der Waals surface area contributed by atoms with Crippen molar-refractivity contribution in [3.8, 4) is 10.4 Å². The first kappa shape index (κ1) is 21.3. The number of thiophene rings is 2. The molecule has 0 radical (unpaired) electrons. The van der Waals surface area contributed by atoms with Crippen molar-refractivity contribution in [3.63, 3.8) is 0 Å². The standard InChI is InChI=1S/C23H22ClN5OS2/c24-17-3-1-15(2-4-17)11-18(25)23(30)29-8-6-28(7-9-29)22-21-19(26-14-27-22)12-20(32-21)16-5-10-31-13-16/h1-5,10,12-14,18H,6-9,11,25H2. The Kier molecular flexibility index (Phi) is 6.10. The number of anilines is 1. The zero-order valence-electron chi connectivity index (χ0n) is 17.3. The van der Waals surface area contributed by atoms with E-state index in [1.807, 2.05) is 29.2 Å². The van der Waals surface area contributed by atoms with Crippen LogP contribution in [0.5, 0.6) is 0 Å². The first-order valence-electron chi connectivity index (χ1n) is 10.4. The van der Waals surface area contributed by atoms with Gasteiger partial charge < -0.3 is 15.5 Å². The fraction of sp³-hybridized carbons (Fsp3) is 0.261. The number of rotatable bonds is 5. The molecule has 1 amide bonds. The normalized spacial score (nSPS) is 15.3. The third-order valence-electron chi connectivity index (χ3n) is 5.68. The van der Waals surface area contributed by atoms with Gasteiger partial charge in [-0.1, -0.05) is 23.7 Å². The Balaban J connectivity index is 1.26. The van der Waals surface area contributed by atoms with Gasteiger partial charge in [0, 0.05) is 41.6 Å². The second kappa shape index (κ2) is 9.15. The average Bonchev–Trinajstić information content (AvgIpc) is 3.50. The van der Waals surface area contributed by atoms with Gasteiger partial charge in [-0.25, -0.2) is 9.97 Å². The molecule has 2 N–H and O–H groups in total. The fourth-order valence-corrected chi connectivity index (χ4v) is 5.93. The van der Waals surface area contributed by atoms with E-state index in [0.29, 0.717) is 24.5 Å². The number of carbonyl (C=O) groups excluding carboxylic acids is 1. The molecule has 1 aliphatic rings. The van der Waals surface area contributed by atoms with Gasteiger partial charge >= 0.3 is 0 Å². The molecule has 1 unspecified atom stereocenters. The van der Waals surface area contributed by atoms with Crippen LogP contribution in [0.1, 0.15) is 5.56 Å². The summed E-state index contributed by atoms with van der Waals surface area (Å²) in [4.78, 5) is 27.2. The van der Waals surface area contributed by atoms with Crippen molar-refractivity contribution in [2.24, 2.45) is 5.73 Å². The topological polar surface area (TPSA) is 75.4 Å². The number of aromatic nitrogens is 2. The highest BCUT2D eigenvalue weighted by Gasteiger charge is 2.27. The van der Waals surface area contributed by atoms with Crippen LogP contribution in [0.3, 0.4) is 0 Å². The molecule has 0 aliphatic carbocycles. The van der Waals surface area contributed by atoms with Gasteiger partial charge in [-0.15, -0.1) is 11.3 Å². The smallest absolute Gasteiger partial charge is 0.239 e. The van der Waals surface area contributed by atoms with Gasteiger partial charge in [0.05, 0.1) is 16.3 Å². The first-order chi connectivity index (χ1) is 15.6. The van der Waals surface area contributed by atoms with Crippen LogP contribution < -0.4 is 10.6 Å². The molecule has 1 aromatic carbocycles. The average molecular weight is 484 g/mol. The highest BCUT2D eigenvalue weighted by molar-refractivity contribution is 7.23. The van der Waals surface area contributed by atoms with E-state index in [1.54, 1.807) is 29.0 Å². The number of nitrogens with two attached hydrogens (primary N) is 1. The van der Waals surface area contributed by atoms with E-state index in [1.165, 1.54) is 10.4 Å². The Hall–Kier alpha value is -2.52. The van der Waals surface area contributed by atoms with E-state index < -0.39 is 6.04 Å². The van der Waals surface area contributed by atoms with Crippen LogP contribution in [0, 0.1) is 0 Å². The van der Waals surface area contributed by atoms with Gasteiger partial charge in [-0.2, -0.15) is 11.3 Å². The zero-order valence-corrected chi connectivity index (χ0v) is 19.7. The molecule has 1 aliphatic heterocycles. The lowest BCUT2D eigenvalue weighted by Gasteiger charge is -2.36. The molecule has 32 heavy (non-hydrogen) atoms. The Bertz CT molecular complexity index is 1220. The molecule has 9 heteroatoms. The second-order valence-electron chi connectivity index (χ2n) is 7.78. The van der Waals surface area contributed by atoms with E-state index in [0.717, 1.165) is 34.7 Å². The quantitative estimate of drug-likeness (QED) is 0.458. The van der Waals surface area contributed by atoms with Crippen LogP contribution in [-0.4, -0.2) is 53.0 Å². The second-order valence-corrected chi connectivity index (χ2v) is 10.1. The lowest BCUT2D eigenvalue weighted by molar-refractivity contribution is -0.132. The lowest BCUT2D eigenvalue weighted by Crippen LogP contribution is -2.53. The molecule has 1 fully saturated rings. The van der Waals surface area contributed by atoms with Gasteiger partial charge in [-0.05, 0) is 47.0 Å². The third-order valence-corrected chi connectivity index (χ3v) is 7.78. The minimum atomic E-state index is -0.557. The van der Waals surface area contributed by atoms with Gasteiger partial charge in [0.25, 0.3) is 0 Å². The summed E-state index contributed by atoms with van der Waals surface area (Å²) in [7, 11) is 0. The largest absolute Gasteiger partial charge is 0.352 e. The van der Waals surface area contributed by atoms with Crippen LogP contribution in [-0.2, 0) is 11.2 Å². The highest BCUT2D eigenvalue weighted by Crippen LogP contribution is 2.37. The number of carbonyl (C=O) groups is 1. The summed E-state index contributed by atoms with van der Waals surface area (Å²) >= 11 is 9.35. The number of fused-ring (bicyclic) bond motifs is 1. The van der Waals surface area contributed by atoms with Gasteiger partial charge in [0.2, 0.25) is 5.91 Å². The van der Waals surface area contributed by atoms with Crippen molar-refractivity contribution < 1.29 is 4.79 Å². The van der Waals surface area contributed by atoms with Crippen LogP contribution in [0.25, 0.3) is 20.7 Å². The SMILES string of the molecule is NC(Cc1ccc(Cl)cc1)C(=O)N1CCN(c2ncnc3cc(-c4ccsc4)sc23)CC1. The minimum Gasteiger partial charge on any atom is -0.352 e. The van der Waals surface area contributed by atoms with E-state index >= 15 is 0 Å². The van der Waals surface area contributed by atoms with E-state index in [4.69, 9.17) is 17.3 Å². The number of nitrogens with zero attached hydrogens (tertiary/aromatic N) is 4. The summed E-state index contributed by atoms with van der Waals surface area (Å²) < 4.78 is 1.09. The van der Waals surface area contributed by atoms with Crippen LogP contribution >= 0.6 is 34.3 Å². The van der Waals surface area contributed by atoms with Crippen molar-refractivity contribution >= 4 is 56.2 Å². The summed E-state index contributed by atoms with van der Waals surface area (Å²) in [5.41, 5.74) is 9.42. The fourth-order valence-electron chi connectivity index (χ4n) is 3.95. The third kappa shape index (κ3) is 4.36. The number of hydrogen-bond donors (Lipinski definition) is 1. The summed E-state index contributed by atoms with van der Waals surface area (Å²) in [6.07, 6.45) is 2.13. The summed E-state index contributed by atoms with van der Waals surface area (Å²) in [6.45, 7) is 2.69. The predicted molar refractivity (Wildman–Crippen MR) is 133 cm³/mol. The molecular weight excluding hydrogens is 462 g/mol. The van der Waals surface area contributed by atoms with Crippen molar-refractivity contribution in [2.45, 2.75) is 12.5 Å². The molecular formula is C23H22ClN5OS2. The Labute approximate surface area is 199 Å². The first-order valence-corrected chi connectivity index (χ1v) is 12.5. The lowest BCUT2D eigenvalue weighted by atomic mass is 10.1. The summed E-state index contributed by atoms with van der Waals surface area (Å²) in [6, 6.07) is 11.2. The van der Waals surface area contributed by atoms with Crippen LogP contribution in [0.4, 0.5) is 5.82 Å². The van der Waals surface area contributed by atoms with Gasteiger partial charge in [0.15, 0.2) is 0 Å². The maximum atomic E-state index is 12.9. The van der Waals surface area contributed by atoms with E-state index in [9.17, 15) is 4.79 Å². The van der Waals surface area contributed by atoms with Crippen molar-refractivity contribution in [1.29, 1.82) is 0 Å². The van der Waals surface area contributed by atoms with Crippen LogP contribution in [0.15, 0.2) is 53.5 Å². The van der Waals surface area contributed by atoms with E-state index in [2.05, 4.69) is 37.8 Å². The van der Waals surface area contributed by atoms with E-state index in [-0.39, 0.29) is 5.91 Å². The molecule has 3 aromatic heterocycles. The molecule has 6 nitrogen and oxygen atoms in total. The molecule has 164 valence electrons. The molecule has 1 saturated heterocycles. The Morgan fingerprint density at radius 1 is 1.12 bits per heavy atom. The molecule has 5 rings (SSSR count). The predicted octanol–water partition coefficient (Wildman–Crippen LogP) is 4.29. The van der Waals surface area contributed by atoms with Gasteiger partial charge in [-0.3, -0.25) is 4.79 Å². The maximum absolute atomic E-state index is 12.9. The van der Waals surface area contributed by atoms with Crippen molar-refractivity contribution in [1.82, 2.24) is 14.9 Å². The van der Waals surface area contributed by atoms with Crippen molar-refractivity contribution in [3.05, 3.63) is 64.1 Å². The summed E-state index contributed by atoms with van der Waals surface area (Å²) in [5, 5.41) is 4.91. The number of piperazine rings is 1. The molecule has 1 atom stereocenters. The maximum Gasteiger partial charge on any atom is 0.239 e. The Morgan fingerprint density at radius 2 is 1.91 bits per heavy atom. The molecule has 0 saturated carbocycles. The van der Waals surface area contributed by atoms with Crippen molar-refractivity contribution in [2.75, 3.05) is 31.1 Å². The number of halogens is 1. The zero-order chi connectivity index (χ0) is 22.1. The number of hydrogen-bond acceptors (Lipinski definition) is 7. The van der Waals surface area contributed by atoms with Crippen LogP contribution in [0.2, 0.25) is 5.02 Å².